The fourth-order valence-electron chi connectivity index (χ4n) is 1.99. The van der Waals surface area contributed by atoms with E-state index in [1.807, 2.05) is 25.1 Å². The molecule has 0 saturated carbocycles. The number of thiocarbonyl (C=S) groups is 1. The molecule has 3 N–H and O–H groups in total. The van der Waals surface area contributed by atoms with Crippen LogP contribution < -0.4 is 21.1 Å². The lowest BCUT2D eigenvalue weighted by Gasteiger charge is -2.14. The van der Waals surface area contributed by atoms with Gasteiger partial charge in [-0.2, -0.15) is 8.78 Å². The van der Waals surface area contributed by atoms with Gasteiger partial charge >= 0.3 is 0 Å². The molecule has 5 nitrogen and oxygen atoms in total. The van der Waals surface area contributed by atoms with Crippen molar-refractivity contribution < 1.29 is 13.6 Å². The van der Waals surface area contributed by atoms with Crippen molar-refractivity contribution in [2.45, 2.75) is 10.7 Å². The molecule has 0 aliphatic carbocycles. The number of carbonyl (C=O) groups excluding carboxylic acids is 1. The smallest absolute Gasteiger partial charge is 0.288 e. The summed E-state index contributed by atoms with van der Waals surface area (Å²) in [6, 6.07) is 13.5. The number of alkyl halides is 2. The molecule has 0 saturated heterocycles. The number of carbonyl (C=O) groups is 1. The van der Waals surface area contributed by atoms with Gasteiger partial charge in [-0.25, -0.2) is 0 Å². The first-order valence-corrected chi connectivity index (χ1v) is 8.83. The van der Waals surface area contributed by atoms with E-state index in [-0.39, 0.29) is 11.0 Å². The van der Waals surface area contributed by atoms with E-state index in [0.717, 1.165) is 5.69 Å². The summed E-state index contributed by atoms with van der Waals surface area (Å²) in [7, 11) is 3.78. The molecule has 0 radical (unpaired) electrons. The SMILES string of the molecule is CN(C)c1cccc(C(=O)NNC(=S)Nc2ccc(SC(F)F)cc2)c1. The zero-order valence-corrected chi connectivity index (χ0v) is 15.8. The Morgan fingerprint density at radius 3 is 2.42 bits per heavy atom. The van der Waals surface area contributed by atoms with Crippen molar-refractivity contribution in [3.05, 3.63) is 54.1 Å². The summed E-state index contributed by atoms with van der Waals surface area (Å²) in [5, 5.41) is 3.04. The van der Waals surface area contributed by atoms with Crippen LogP contribution in [-0.2, 0) is 0 Å². The zero-order chi connectivity index (χ0) is 19.1. The molecule has 0 unspecified atom stereocenters. The Bertz CT molecular complexity index is 770. The summed E-state index contributed by atoms with van der Waals surface area (Å²) in [5.41, 5.74) is 7.12. The second-order valence-electron chi connectivity index (χ2n) is 5.38. The maximum Gasteiger partial charge on any atom is 0.288 e. The summed E-state index contributed by atoms with van der Waals surface area (Å²) >= 11 is 5.58. The predicted molar refractivity (Wildman–Crippen MR) is 106 cm³/mol. The number of hydrogen-bond donors (Lipinski definition) is 3. The Balaban J connectivity index is 1.86. The summed E-state index contributed by atoms with van der Waals surface area (Å²) < 4.78 is 24.6. The van der Waals surface area contributed by atoms with Crippen molar-refractivity contribution in [2.75, 3.05) is 24.3 Å². The molecule has 2 aromatic rings. The average molecular weight is 396 g/mol. The third-order valence-electron chi connectivity index (χ3n) is 3.25. The van der Waals surface area contributed by atoms with Crippen LogP contribution in [0.4, 0.5) is 20.2 Å². The van der Waals surface area contributed by atoms with Gasteiger partial charge in [0.2, 0.25) is 0 Å². The van der Waals surface area contributed by atoms with Crippen LogP contribution in [0.1, 0.15) is 10.4 Å². The highest BCUT2D eigenvalue weighted by atomic mass is 32.2. The molecule has 0 bridgehead atoms. The van der Waals surface area contributed by atoms with Crippen LogP contribution >= 0.6 is 24.0 Å². The second-order valence-corrected chi connectivity index (χ2v) is 6.85. The van der Waals surface area contributed by atoms with Crippen LogP contribution in [0, 0.1) is 0 Å². The number of halogens is 2. The lowest BCUT2D eigenvalue weighted by Crippen LogP contribution is -2.43. The van der Waals surface area contributed by atoms with Crippen molar-refractivity contribution in [1.29, 1.82) is 0 Å². The Morgan fingerprint density at radius 1 is 1.12 bits per heavy atom. The van der Waals surface area contributed by atoms with E-state index in [2.05, 4.69) is 16.2 Å². The number of rotatable bonds is 5. The molecule has 9 heteroatoms. The number of nitrogens with one attached hydrogen (secondary N) is 3. The van der Waals surface area contributed by atoms with E-state index in [1.165, 1.54) is 0 Å². The minimum absolute atomic E-state index is 0.177. The number of thioether (sulfide) groups is 1. The Kier molecular flexibility index (Phi) is 7.16. The molecule has 0 spiro atoms. The minimum Gasteiger partial charge on any atom is -0.378 e. The molecule has 138 valence electrons. The van der Waals surface area contributed by atoms with Gasteiger partial charge in [-0.1, -0.05) is 17.8 Å². The molecule has 0 fully saturated rings. The maximum absolute atomic E-state index is 12.3. The lowest BCUT2D eigenvalue weighted by molar-refractivity contribution is 0.0944. The highest BCUT2D eigenvalue weighted by Crippen LogP contribution is 2.26. The molecule has 0 aliphatic rings. The summed E-state index contributed by atoms with van der Waals surface area (Å²) in [4.78, 5) is 14.5. The lowest BCUT2D eigenvalue weighted by atomic mass is 10.2. The number of amides is 1. The fourth-order valence-corrected chi connectivity index (χ4v) is 2.66. The quantitative estimate of drug-likeness (QED) is 0.407. The van der Waals surface area contributed by atoms with E-state index in [4.69, 9.17) is 12.2 Å². The monoisotopic (exact) mass is 396 g/mol. The van der Waals surface area contributed by atoms with Gasteiger partial charge in [-0.15, -0.1) is 0 Å². The van der Waals surface area contributed by atoms with Crippen LogP contribution in [0.5, 0.6) is 0 Å². The first kappa shape index (κ1) is 19.9. The molecule has 0 aromatic heterocycles. The summed E-state index contributed by atoms with van der Waals surface area (Å²) in [6.07, 6.45) is 0. The number of hydrazine groups is 1. The van der Waals surface area contributed by atoms with Crippen LogP contribution in [0.25, 0.3) is 0 Å². The van der Waals surface area contributed by atoms with Gasteiger partial charge in [0.1, 0.15) is 0 Å². The van der Waals surface area contributed by atoms with Crippen molar-refractivity contribution in [3.63, 3.8) is 0 Å². The molecule has 2 aromatic carbocycles. The normalized spacial score (nSPS) is 10.3. The Hall–Kier alpha value is -2.39. The molecular weight excluding hydrogens is 378 g/mol. The molecule has 0 heterocycles. The molecule has 2 rings (SSSR count). The largest absolute Gasteiger partial charge is 0.378 e. The van der Waals surface area contributed by atoms with E-state index in [0.29, 0.717) is 27.9 Å². The maximum atomic E-state index is 12.3. The molecule has 0 atom stereocenters. The van der Waals surface area contributed by atoms with Gasteiger partial charge in [-0.05, 0) is 54.7 Å². The first-order chi connectivity index (χ1) is 12.3. The average Bonchev–Trinajstić information content (AvgIpc) is 2.61. The van der Waals surface area contributed by atoms with Gasteiger partial charge in [0.15, 0.2) is 5.11 Å². The van der Waals surface area contributed by atoms with E-state index in [9.17, 15) is 13.6 Å². The van der Waals surface area contributed by atoms with E-state index >= 15 is 0 Å². The van der Waals surface area contributed by atoms with Crippen LogP contribution in [-0.4, -0.2) is 30.9 Å². The third-order valence-corrected chi connectivity index (χ3v) is 4.18. The molecule has 26 heavy (non-hydrogen) atoms. The summed E-state index contributed by atoms with van der Waals surface area (Å²) in [5.74, 6) is -2.79. The highest BCUT2D eigenvalue weighted by molar-refractivity contribution is 7.99. The topological polar surface area (TPSA) is 56.4 Å². The highest BCUT2D eigenvalue weighted by Gasteiger charge is 2.08. The number of anilines is 2. The van der Waals surface area contributed by atoms with Crippen molar-refractivity contribution in [2.24, 2.45) is 0 Å². The summed E-state index contributed by atoms with van der Waals surface area (Å²) in [6.45, 7) is 0. The second kappa shape index (κ2) is 9.35. The standard InChI is InChI=1S/C17H18F2N4OS2/c1-23(2)13-5-3-4-11(10-13)15(24)21-22-17(25)20-12-6-8-14(9-7-12)26-16(18)19/h3-10,16H,1-2H3,(H,21,24)(H2,20,22,25). The van der Waals surface area contributed by atoms with E-state index in [1.54, 1.807) is 42.5 Å². The number of nitrogens with zero attached hydrogens (tertiary/aromatic N) is 1. The van der Waals surface area contributed by atoms with E-state index < -0.39 is 5.76 Å². The van der Waals surface area contributed by atoms with Crippen molar-refractivity contribution in [1.82, 2.24) is 10.9 Å². The Labute approximate surface area is 160 Å². The minimum atomic E-state index is -2.46. The Morgan fingerprint density at radius 2 is 1.81 bits per heavy atom. The first-order valence-electron chi connectivity index (χ1n) is 7.55. The predicted octanol–water partition coefficient (Wildman–Crippen LogP) is 3.70. The van der Waals surface area contributed by atoms with Gasteiger partial charge in [-0.3, -0.25) is 15.6 Å². The third kappa shape index (κ3) is 6.16. The van der Waals surface area contributed by atoms with Gasteiger partial charge in [0.25, 0.3) is 11.7 Å². The van der Waals surface area contributed by atoms with Crippen molar-refractivity contribution in [3.8, 4) is 0 Å². The molecule has 0 aliphatic heterocycles. The molecule has 1 amide bonds. The van der Waals surface area contributed by atoms with Crippen LogP contribution in [0.3, 0.4) is 0 Å². The zero-order valence-electron chi connectivity index (χ0n) is 14.1. The fraction of sp³-hybridized carbons (Fsp3) is 0.176. The van der Waals surface area contributed by atoms with Crippen LogP contribution in [0.15, 0.2) is 53.4 Å². The number of hydrogen-bond acceptors (Lipinski definition) is 4. The van der Waals surface area contributed by atoms with Gasteiger partial charge < -0.3 is 10.2 Å². The van der Waals surface area contributed by atoms with Crippen molar-refractivity contribution >= 4 is 46.4 Å². The number of benzene rings is 2. The van der Waals surface area contributed by atoms with Gasteiger partial charge in [0.05, 0.1) is 0 Å². The van der Waals surface area contributed by atoms with Gasteiger partial charge in [0, 0.05) is 35.9 Å². The van der Waals surface area contributed by atoms with Crippen LogP contribution in [0.2, 0.25) is 0 Å². The molecular formula is C17H18F2N4OS2.